The van der Waals surface area contributed by atoms with E-state index in [9.17, 15) is 19.8 Å². The molecule has 2 saturated heterocycles. The third-order valence-corrected chi connectivity index (χ3v) is 12.6. The van der Waals surface area contributed by atoms with E-state index >= 15 is 4.79 Å². The standard InChI is InChI=1S/C44H56N2O8/c1-26(2)10-9-15-42(8)16-14-30-35(48)34-36(49)32-24-29-25-33-41(6,7)54-43(39(29)50,17-13-28(5)40(51)46-20-18-45(19-21-46)22-23-47)44(32,33)53-38(34)31(37(30)52-42)12-11-27(3)4/h10-11,13-14,16,24,29,33,47-48H,9,12,15,17-23,25H2,1-8H3. The fraction of sp³-hybridized carbons (Fsp3) is 0.568. The molecule has 1 spiro atoms. The summed E-state index contributed by atoms with van der Waals surface area (Å²) >= 11 is 0. The van der Waals surface area contributed by atoms with E-state index in [4.69, 9.17) is 14.2 Å². The molecule has 10 heteroatoms. The molecule has 1 saturated carbocycles. The molecule has 5 atom stereocenters. The maximum atomic E-state index is 15.0. The molecule has 3 fully saturated rings. The number of amides is 1. The molecule has 3 aliphatic carbocycles. The van der Waals surface area contributed by atoms with Crippen LogP contribution in [0, 0.1) is 11.8 Å². The number of allylic oxidation sites excluding steroid dienone is 5. The molecule has 1 aromatic rings. The van der Waals surface area contributed by atoms with Gasteiger partial charge in [-0.2, -0.15) is 0 Å². The zero-order valence-corrected chi connectivity index (χ0v) is 33.1. The van der Waals surface area contributed by atoms with Gasteiger partial charge < -0.3 is 29.3 Å². The Morgan fingerprint density at radius 3 is 2.33 bits per heavy atom. The average Bonchev–Trinajstić information content (AvgIpc) is 3.27. The second-order valence-corrected chi connectivity index (χ2v) is 17.3. The molecule has 4 heterocycles. The number of nitrogens with zero attached hydrogens (tertiary/aromatic N) is 2. The summed E-state index contributed by atoms with van der Waals surface area (Å²) in [7, 11) is 0. The number of hydrogen-bond acceptors (Lipinski definition) is 9. The number of Topliss-reactive ketones (excluding diaryl/α,β-unsaturated/α-hetero) is 2. The lowest BCUT2D eigenvalue weighted by Gasteiger charge is -2.56. The molecule has 290 valence electrons. The lowest BCUT2D eigenvalue weighted by Crippen LogP contribution is -2.72. The van der Waals surface area contributed by atoms with Crippen molar-refractivity contribution in [3.63, 3.8) is 0 Å². The van der Waals surface area contributed by atoms with Crippen LogP contribution in [0.25, 0.3) is 6.08 Å². The van der Waals surface area contributed by atoms with Gasteiger partial charge in [0.15, 0.2) is 22.8 Å². The van der Waals surface area contributed by atoms with Gasteiger partial charge in [0.05, 0.1) is 17.8 Å². The Balaban J connectivity index is 1.33. The lowest BCUT2D eigenvalue weighted by molar-refractivity contribution is -0.171. The maximum absolute atomic E-state index is 15.0. The number of fused-ring (bicyclic) bond motifs is 2. The van der Waals surface area contributed by atoms with Crippen LogP contribution >= 0.6 is 0 Å². The van der Waals surface area contributed by atoms with E-state index < -0.39 is 28.3 Å². The summed E-state index contributed by atoms with van der Waals surface area (Å²) in [5.74, 6) is -1.06. The lowest BCUT2D eigenvalue weighted by atomic mass is 9.51. The summed E-state index contributed by atoms with van der Waals surface area (Å²) in [6.07, 6.45) is 14.0. The number of aliphatic hydroxyl groups is 1. The Bertz CT molecular complexity index is 1940. The number of benzene rings is 1. The second kappa shape index (κ2) is 13.6. The maximum Gasteiger partial charge on any atom is 0.249 e. The van der Waals surface area contributed by atoms with Crippen LogP contribution in [0.4, 0.5) is 0 Å². The number of carbonyl (C=O) groups excluding carboxylic acids is 3. The van der Waals surface area contributed by atoms with Crippen molar-refractivity contribution in [2.45, 2.75) is 110 Å². The number of carbonyl (C=O) groups is 3. The van der Waals surface area contributed by atoms with Gasteiger partial charge in [0, 0.05) is 67.7 Å². The summed E-state index contributed by atoms with van der Waals surface area (Å²) in [5.41, 5.74) is -0.294. The van der Waals surface area contributed by atoms with Crippen molar-refractivity contribution >= 4 is 23.5 Å². The topological polar surface area (TPSA) is 126 Å². The van der Waals surface area contributed by atoms with E-state index in [0.29, 0.717) is 80.0 Å². The zero-order valence-electron chi connectivity index (χ0n) is 33.1. The minimum Gasteiger partial charge on any atom is -0.506 e. The van der Waals surface area contributed by atoms with Gasteiger partial charge in [-0.1, -0.05) is 35.5 Å². The Kier molecular flexibility index (Phi) is 9.67. The third-order valence-electron chi connectivity index (χ3n) is 12.6. The minimum atomic E-state index is -1.58. The van der Waals surface area contributed by atoms with Crippen molar-refractivity contribution in [1.82, 2.24) is 9.80 Å². The molecule has 0 aromatic heterocycles. The van der Waals surface area contributed by atoms with Gasteiger partial charge in [-0.05, 0) is 93.2 Å². The number of β-amino-alcohol motifs (C(OH)–C–C–N with tert-alkyl or cyclic N) is 1. The molecule has 1 aromatic carbocycles. The highest BCUT2D eigenvalue weighted by atomic mass is 16.6. The van der Waals surface area contributed by atoms with E-state index in [2.05, 4.69) is 30.9 Å². The SMILES string of the molecule is CC(C)=CCCC1(C)C=Cc2c(O)c3c(c(CC=C(C)C)c2O1)OC12C(=CC4CC1C(C)(C)OC2(CC=C(C)C(=O)N1CCN(CCO)CC1)C4=O)C3=O. The van der Waals surface area contributed by atoms with E-state index in [1.165, 1.54) is 5.57 Å². The number of ether oxygens (including phenoxy) is 3. The van der Waals surface area contributed by atoms with Gasteiger partial charge in [-0.3, -0.25) is 19.3 Å². The predicted octanol–water partition coefficient (Wildman–Crippen LogP) is 6.29. The summed E-state index contributed by atoms with van der Waals surface area (Å²) < 4.78 is 21.1. The second-order valence-electron chi connectivity index (χ2n) is 17.3. The molecule has 5 unspecified atom stereocenters. The van der Waals surface area contributed by atoms with Crippen LogP contribution in [0.2, 0.25) is 0 Å². The number of phenolic OH excluding ortho intramolecular Hbond substituents is 1. The predicted molar refractivity (Wildman–Crippen MR) is 207 cm³/mol. The van der Waals surface area contributed by atoms with Crippen LogP contribution in [0.5, 0.6) is 17.2 Å². The van der Waals surface area contributed by atoms with E-state index in [1.54, 1.807) is 24.0 Å². The largest absolute Gasteiger partial charge is 0.506 e. The van der Waals surface area contributed by atoms with Gasteiger partial charge in [-0.25, -0.2) is 0 Å². The fourth-order valence-corrected chi connectivity index (χ4v) is 9.74. The molecule has 2 N–H and O–H groups in total. The minimum absolute atomic E-state index is 0.0478. The van der Waals surface area contributed by atoms with Gasteiger partial charge in [-0.15, -0.1) is 0 Å². The first-order chi connectivity index (χ1) is 25.5. The quantitative estimate of drug-likeness (QED) is 0.210. The summed E-state index contributed by atoms with van der Waals surface area (Å²) in [6.45, 7) is 18.9. The van der Waals surface area contributed by atoms with Crippen LogP contribution < -0.4 is 9.47 Å². The number of aliphatic hydroxyl groups excluding tert-OH is 1. The fourth-order valence-electron chi connectivity index (χ4n) is 9.74. The Morgan fingerprint density at radius 1 is 0.963 bits per heavy atom. The Hall–Kier alpha value is -3.99. The van der Waals surface area contributed by atoms with Crippen molar-refractivity contribution < 1.29 is 38.8 Å². The van der Waals surface area contributed by atoms with Crippen molar-refractivity contribution in [2.75, 3.05) is 39.3 Å². The number of piperazine rings is 1. The van der Waals surface area contributed by atoms with Crippen LogP contribution in [0.3, 0.4) is 0 Å². The average molecular weight is 741 g/mol. The van der Waals surface area contributed by atoms with Crippen LogP contribution in [0.1, 0.15) is 103 Å². The van der Waals surface area contributed by atoms with E-state index in [-0.39, 0.29) is 53.5 Å². The van der Waals surface area contributed by atoms with Crippen molar-refractivity contribution in [1.29, 1.82) is 0 Å². The first-order valence-corrected chi connectivity index (χ1v) is 19.5. The zero-order chi connectivity index (χ0) is 39.0. The number of hydrogen-bond donors (Lipinski definition) is 2. The molecule has 1 amide bonds. The monoisotopic (exact) mass is 740 g/mol. The number of rotatable bonds is 10. The van der Waals surface area contributed by atoms with Crippen LogP contribution in [-0.2, 0) is 20.7 Å². The molecule has 4 bridgehead atoms. The smallest absolute Gasteiger partial charge is 0.249 e. The highest BCUT2D eigenvalue weighted by Gasteiger charge is 2.81. The normalized spacial score (nSPS) is 30.5. The highest BCUT2D eigenvalue weighted by molar-refractivity contribution is 6.19. The Morgan fingerprint density at radius 2 is 1.67 bits per heavy atom. The first kappa shape index (κ1) is 38.3. The van der Waals surface area contributed by atoms with Crippen molar-refractivity contribution in [2.24, 2.45) is 11.8 Å². The molecular weight excluding hydrogens is 684 g/mol. The molecule has 10 nitrogen and oxygen atoms in total. The van der Waals surface area contributed by atoms with E-state index in [0.717, 1.165) is 12.0 Å². The molecule has 8 rings (SSSR count). The molecule has 4 aliphatic heterocycles. The first-order valence-electron chi connectivity index (χ1n) is 19.5. The van der Waals surface area contributed by atoms with Crippen LogP contribution in [-0.4, -0.2) is 99.2 Å². The van der Waals surface area contributed by atoms with Gasteiger partial charge >= 0.3 is 0 Å². The number of phenols is 1. The molecule has 0 radical (unpaired) electrons. The van der Waals surface area contributed by atoms with Crippen LogP contribution in [0.15, 0.2) is 52.7 Å². The van der Waals surface area contributed by atoms with E-state index in [1.807, 2.05) is 46.8 Å². The Labute approximate surface area is 319 Å². The van der Waals surface area contributed by atoms with Gasteiger partial charge in [0.25, 0.3) is 0 Å². The highest BCUT2D eigenvalue weighted by Crippen LogP contribution is 2.68. The molecule has 54 heavy (non-hydrogen) atoms. The van der Waals surface area contributed by atoms with Gasteiger partial charge in [0.2, 0.25) is 5.91 Å². The van der Waals surface area contributed by atoms with Crippen molar-refractivity contribution in [3.05, 3.63) is 69.4 Å². The summed E-state index contributed by atoms with van der Waals surface area (Å²) in [4.78, 5) is 47.4. The summed E-state index contributed by atoms with van der Waals surface area (Å²) in [6, 6.07) is 0. The molecule has 7 aliphatic rings. The third kappa shape index (κ3) is 5.91. The number of ketones is 2. The summed E-state index contributed by atoms with van der Waals surface area (Å²) in [5, 5.41) is 21.3. The number of aromatic hydroxyl groups is 1. The van der Waals surface area contributed by atoms with Crippen molar-refractivity contribution in [3.8, 4) is 17.2 Å². The molecular formula is C44H56N2O8. The van der Waals surface area contributed by atoms with Gasteiger partial charge in [0.1, 0.15) is 28.4 Å².